The van der Waals surface area contributed by atoms with Crippen molar-refractivity contribution in [3.63, 3.8) is 0 Å². The Hall–Kier alpha value is -1.36. The summed E-state index contributed by atoms with van der Waals surface area (Å²) < 4.78 is 29.7. The first-order valence-electron chi connectivity index (χ1n) is 3.49. The molecule has 0 radical (unpaired) electrons. The lowest BCUT2D eigenvalue weighted by atomic mass is 10.2. The summed E-state index contributed by atoms with van der Waals surface area (Å²) in [5.74, 6) is -0.224. The van der Waals surface area contributed by atoms with Crippen LogP contribution in [0.15, 0.2) is 18.2 Å². The van der Waals surface area contributed by atoms with E-state index in [1.807, 2.05) is 0 Å². The fourth-order valence-corrected chi connectivity index (χ4v) is 0.897. The van der Waals surface area contributed by atoms with E-state index in [0.29, 0.717) is 0 Å². The van der Waals surface area contributed by atoms with Gasteiger partial charge in [0.05, 0.1) is 7.11 Å². The molecule has 3 N–H and O–H groups in total. The van der Waals surface area contributed by atoms with Crippen molar-refractivity contribution in [2.24, 2.45) is 5.73 Å². The minimum atomic E-state index is -3.44. The van der Waals surface area contributed by atoms with E-state index in [9.17, 15) is 8.78 Å². The molecule has 0 amide bonds. The highest BCUT2D eigenvalue weighted by Crippen LogP contribution is 2.31. The second-order valence-electron chi connectivity index (χ2n) is 2.51. The van der Waals surface area contributed by atoms with Crippen molar-refractivity contribution >= 4 is 0 Å². The Kier molecular flexibility index (Phi) is 2.38. The highest BCUT2D eigenvalue weighted by Gasteiger charge is 2.25. The Balaban J connectivity index is 3.10. The van der Waals surface area contributed by atoms with Gasteiger partial charge in [-0.2, -0.15) is 8.78 Å². The Morgan fingerprint density at radius 3 is 2.46 bits per heavy atom. The number of benzene rings is 1. The molecule has 0 saturated heterocycles. The maximum absolute atomic E-state index is 12.5. The number of nitrogens with two attached hydrogens (primary N) is 1. The van der Waals surface area contributed by atoms with E-state index in [1.165, 1.54) is 13.2 Å². The van der Waals surface area contributed by atoms with Crippen LogP contribution in [0.1, 0.15) is 5.56 Å². The lowest BCUT2D eigenvalue weighted by molar-refractivity contribution is 0.00273. The smallest absolute Gasteiger partial charge is 0.327 e. The molecule has 0 spiro atoms. The highest BCUT2D eigenvalue weighted by atomic mass is 19.3. The number of aromatic hydroxyl groups is 1. The van der Waals surface area contributed by atoms with Crippen LogP contribution in [0, 0.1) is 0 Å². The maximum atomic E-state index is 12.5. The van der Waals surface area contributed by atoms with Gasteiger partial charge in [-0.05, 0) is 18.2 Å². The summed E-state index contributed by atoms with van der Waals surface area (Å²) in [5.41, 5.74) is 4.08. The molecule has 0 aliphatic carbocycles. The van der Waals surface area contributed by atoms with Crippen molar-refractivity contribution in [1.29, 1.82) is 0 Å². The van der Waals surface area contributed by atoms with E-state index in [-0.39, 0.29) is 11.5 Å². The molecule has 0 bridgehead atoms. The molecule has 0 fully saturated rings. The largest absolute Gasteiger partial charge is 0.504 e. The second kappa shape index (κ2) is 3.18. The Labute approximate surface area is 73.7 Å². The van der Waals surface area contributed by atoms with E-state index >= 15 is 0 Å². The molecule has 0 atom stereocenters. The SMILES string of the molecule is COc1ccc(C(N)(F)F)cc1O. The lowest BCUT2D eigenvalue weighted by Gasteiger charge is -2.11. The third-order valence-corrected chi connectivity index (χ3v) is 1.56. The van der Waals surface area contributed by atoms with E-state index in [4.69, 9.17) is 5.11 Å². The van der Waals surface area contributed by atoms with E-state index in [2.05, 4.69) is 10.5 Å². The number of hydrogen-bond donors (Lipinski definition) is 2. The van der Waals surface area contributed by atoms with Gasteiger partial charge in [0.1, 0.15) is 0 Å². The first-order valence-corrected chi connectivity index (χ1v) is 3.49. The number of halogens is 2. The number of rotatable bonds is 2. The first-order chi connectivity index (χ1) is 5.95. The molecule has 0 aromatic heterocycles. The van der Waals surface area contributed by atoms with Crippen LogP contribution < -0.4 is 10.5 Å². The third-order valence-electron chi connectivity index (χ3n) is 1.56. The summed E-state index contributed by atoms with van der Waals surface area (Å²) in [6.45, 7) is 0. The van der Waals surface area contributed by atoms with Gasteiger partial charge in [-0.1, -0.05) is 0 Å². The average molecular weight is 189 g/mol. The molecular weight excluding hydrogens is 180 g/mol. The number of methoxy groups -OCH3 is 1. The first kappa shape index (κ1) is 9.73. The molecule has 0 aliphatic heterocycles. The van der Waals surface area contributed by atoms with Crippen molar-refractivity contribution in [2.45, 2.75) is 6.05 Å². The predicted molar refractivity (Wildman–Crippen MR) is 42.7 cm³/mol. The Bertz CT molecular complexity index is 310. The van der Waals surface area contributed by atoms with Gasteiger partial charge >= 0.3 is 6.05 Å². The molecule has 5 heteroatoms. The minimum Gasteiger partial charge on any atom is -0.504 e. The van der Waals surface area contributed by atoms with E-state index in [0.717, 1.165) is 12.1 Å². The molecule has 0 unspecified atom stereocenters. The zero-order valence-corrected chi connectivity index (χ0v) is 6.92. The molecule has 72 valence electrons. The fourth-order valence-electron chi connectivity index (χ4n) is 0.897. The summed E-state index contributed by atoms with van der Waals surface area (Å²) in [5, 5.41) is 9.14. The summed E-state index contributed by atoms with van der Waals surface area (Å²) in [6, 6.07) is -0.243. The van der Waals surface area contributed by atoms with Crippen molar-refractivity contribution in [1.82, 2.24) is 0 Å². The van der Waals surface area contributed by atoms with Crippen LogP contribution in [0.5, 0.6) is 11.5 Å². The van der Waals surface area contributed by atoms with Gasteiger partial charge in [0, 0.05) is 5.56 Å². The number of phenols is 1. The summed E-state index contributed by atoms with van der Waals surface area (Å²) in [6.07, 6.45) is 0. The van der Waals surface area contributed by atoms with Crippen LogP contribution >= 0.6 is 0 Å². The Morgan fingerprint density at radius 2 is 2.08 bits per heavy atom. The van der Waals surface area contributed by atoms with Crippen molar-refractivity contribution in [2.75, 3.05) is 7.11 Å². The third kappa shape index (κ3) is 2.06. The van der Waals surface area contributed by atoms with Gasteiger partial charge in [-0.25, -0.2) is 0 Å². The Morgan fingerprint density at radius 1 is 1.46 bits per heavy atom. The minimum absolute atomic E-state index is 0.132. The second-order valence-corrected chi connectivity index (χ2v) is 2.51. The van der Waals surface area contributed by atoms with Gasteiger partial charge < -0.3 is 9.84 Å². The maximum Gasteiger partial charge on any atom is 0.327 e. The van der Waals surface area contributed by atoms with Gasteiger partial charge in [-0.3, -0.25) is 5.73 Å². The van der Waals surface area contributed by atoms with Crippen LogP contribution in [-0.4, -0.2) is 12.2 Å². The topological polar surface area (TPSA) is 55.5 Å². The number of alkyl halides is 2. The molecule has 1 aromatic rings. The van der Waals surface area contributed by atoms with Gasteiger partial charge in [0.25, 0.3) is 0 Å². The van der Waals surface area contributed by atoms with Crippen LogP contribution in [0.4, 0.5) is 8.78 Å². The normalized spacial score (nSPS) is 11.4. The molecule has 1 rings (SSSR count). The molecule has 13 heavy (non-hydrogen) atoms. The summed E-state index contributed by atoms with van der Waals surface area (Å²) in [4.78, 5) is 0. The van der Waals surface area contributed by atoms with E-state index in [1.54, 1.807) is 0 Å². The van der Waals surface area contributed by atoms with Gasteiger partial charge in [-0.15, -0.1) is 0 Å². The van der Waals surface area contributed by atoms with Crippen LogP contribution in [0.2, 0.25) is 0 Å². The van der Waals surface area contributed by atoms with E-state index < -0.39 is 11.6 Å². The van der Waals surface area contributed by atoms with Gasteiger partial charge in [0.2, 0.25) is 0 Å². The quantitative estimate of drug-likeness (QED) is 0.691. The lowest BCUT2D eigenvalue weighted by Crippen LogP contribution is -2.24. The predicted octanol–water partition coefficient (Wildman–Crippen LogP) is 1.41. The monoisotopic (exact) mass is 189 g/mol. The zero-order valence-electron chi connectivity index (χ0n) is 6.92. The molecule has 3 nitrogen and oxygen atoms in total. The summed E-state index contributed by atoms with van der Waals surface area (Å²) in [7, 11) is 1.33. The van der Waals surface area contributed by atoms with Crippen molar-refractivity contribution in [3.05, 3.63) is 23.8 Å². The van der Waals surface area contributed by atoms with Crippen molar-refractivity contribution < 1.29 is 18.6 Å². The highest BCUT2D eigenvalue weighted by molar-refractivity contribution is 5.42. The number of hydrogen-bond acceptors (Lipinski definition) is 3. The molecule has 0 heterocycles. The van der Waals surface area contributed by atoms with Crippen LogP contribution in [0.3, 0.4) is 0 Å². The molecule has 1 aromatic carbocycles. The number of phenolic OH excluding ortho intramolecular Hbond substituents is 1. The van der Waals surface area contributed by atoms with Crippen LogP contribution in [0.25, 0.3) is 0 Å². The average Bonchev–Trinajstić information content (AvgIpc) is 2.02. The van der Waals surface area contributed by atoms with Crippen LogP contribution in [-0.2, 0) is 6.05 Å². The van der Waals surface area contributed by atoms with Crippen molar-refractivity contribution in [3.8, 4) is 11.5 Å². The molecule has 0 saturated carbocycles. The van der Waals surface area contributed by atoms with Gasteiger partial charge in [0.15, 0.2) is 11.5 Å². The standard InChI is InChI=1S/C8H9F2NO2/c1-13-7-3-2-5(4-6(7)12)8(9,10)11/h2-4,12H,11H2,1H3. The number of ether oxygens (including phenoxy) is 1. The molecule has 0 aliphatic rings. The summed E-state index contributed by atoms with van der Waals surface area (Å²) >= 11 is 0. The molecular formula is C8H9F2NO2. The zero-order chi connectivity index (χ0) is 10.1. The fraction of sp³-hybridized carbons (Fsp3) is 0.250.